The number of amides is 1. The van der Waals surface area contributed by atoms with Crippen molar-refractivity contribution in [1.29, 1.82) is 0 Å². The van der Waals surface area contributed by atoms with Gasteiger partial charge in [0.2, 0.25) is 5.91 Å². The standard InChI is InChI=1S/C19H17N3O4/c1-11(17-21-16-9-4-3-8-15(16)18(24)22-17)26-19(25)13-6-5-7-14(10-13)20-12(2)23/h3-11H,1-2H3,(H,20,23)(H,21,22,24). The first kappa shape index (κ1) is 17.3. The number of rotatable bonds is 4. The number of ether oxygens (including phenoxy) is 1. The van der Waals surface area contributed by atoms with E-state index in [1.54, 1.807) is 49.4 Å². The maximum Gasteiger partial charge on any atom is 0.338 e. The molecule has 0 saturated heterocycles. The molecule has 0 aliphatic carbocycles. The molecule has 0 bridgehead atoms. The van der Waals surface area contributed by atoms with Gasteiger partial charge in [-0.15, -0.1) is 0 Å². The lowest BCUT2D eigenvalue weighted by Crippen LogP contribution is -2.17. The molecule has 0 aliphatic heterocycles. The molecule has 26 heavy (non-hydrogen) atoms. The van der Waals surface area contributed by atoms with Crippen molar-refractivity contribution in [2.45, 2.75) is 20.0 Å². The molecule has 1 atom stereocenters. The zero-order valence-electron chi connectivity index (χ0n) is 14.3. The van der Waals surface area contributed by atoms with Gasteiger partial charge in [-0.1, -0.05) is 18.2 Å². The molecular weight excluding hydrogens is 334 g/mol. The van der Waals surface area contributed by atoms with Crippen molar-refractivity contribution < 1.29 is 14.3 Å². The van der Waals surface area contributed by atoms with Crippen molar-refractivity contribution in [2.24, 2.45) is 0 Å². The van der Waals surface area contributed by atoms with E-state index in [1.165, 1.54) is 13.0 Å². The summed E-state index contributed by atoms with van der Waals surface area (Å²) in [4.78, 5) is 42.6. The maximum absolute atomic E-state index is 12.4. The average molecular weight is 351 g/mol. The lowest BCUT2D eigenvalue weighted by Gasteiger charge is -2.13. The van der Waals surface area contributed by atoms with Gasteiger partial charge >= 0.3 is 5.97 Å². The number of hydrogen-bond donors (Lipinski definition) is 2. The number of carbonyl (C=O) groups is 2. The lowest BCUT2D eigenvalue weighted by atomic mass is 10.2. The minimum absolute atomic E-state index is 0.234. The van der Waals surface area contributed by atoms with Crippen molar-refractivity contribution in [1.82, 2.24) is 9.97 Å². The molecule has 2 aromatic carbocycles. The Hall–Kier alpha value is -3.48. The summed E-state index contributed by atoms with van der Waals surface area (Å²) in [5.41, 5.74) is 1.02. The summed E-state index contributed by atoms with van der Waals surface area (Å²) in [5.74, 6) is -0.553. The first-order valence-corrected chi connectivity index (χ1v) is 8.01. The Bertz CT molecular complexity index is 1040. The van der Waals surface area contributed by atoms with E-state index in [0.717, 1.165) is 0 Å². The number of H-pyrrole nitrogens is 1. The Labute approximate surface area is 149 Å². The van der Waals surface area contributed by atoms with E-state index in [9.17, 15) is 14.4 Å². The van der Waals surface area contributed by atoms with Gasteiger partial charge in [0, 0.05) is 12.6 Å². The van der Waals surface area contributed by atoms with Gasteiger partial charge in [-0.05, 0) is 37.3 Å². The largest absolute Gasteiger partial charge is 0.451 e. The molecule has 1 heterocycles. The van der Waals surface area contributed by atoms with E-state index < -0.39 is 12.1 Å². The molecule has 7 heteroatoms. The van der Waals surface area contributed by atoms with Gasteiger partial charge in [0.1, 0.15) is 0 Å². The van der Waals surface area contributed by atoms with Crippen LogP contribution in [0.4, 0.5) is 5.69 Å². The molecule has 1 amide bonds. The van der Waals surface area contributed by atoms with Crippen LogP contribution in [0.2, 0.25) is 0 Å². The van der Waals surface area contributed by atoms with Crippen LogP contribution < -0.4 is 10.9 Å². The highest BCUT2D eigenvalue weighted by atomic mass is 16.5. The Morgan fingerprint density at radius 1 is 1.15 bits per heavy atom. The number of aromatic amines is 1. The lowest BCUT2D eigenvalue weighted by molar-refractivity contribution is -0.114. The quantitative estimate of drug-likeness (QED) is 0.704. The van der Waals surface area contributed by atoms with Crippen LogP contribution in [-0.2, 0) is 9.53 Å². The van der Waals surface area contributed by atoms with Gasteiger partial charge in [0.15, 0.2) is 11.9 Å². The third-order valence-electron chi connectivity index (χ3n) is 3.72. The molecule has 7 nitrogen and oxygen atoms in total. The second-order valence-corrected chi connectivity index (χ2v) is 5.78. The number of nitrogens with zero attached hydrogens (tertiary/aromatic N) is 1. The fourth-order valence-corrected chi connectivity index (χ4v) is 2.51. The van der Waals surface area contributed by atoms with Crippen LogP contribution in [0, 0.1) is 0 Å². The predicted octanol–water partition coefficient (Wildman–Crippen LogP) is 2.80. The summed E-state index contributed by atoms with van der Waals surface area (Å²) in [6, 6.07) is 13.3. The van der Waals surface area contributed by atoms with Gasteiger partial charge < -0.3 is 15.0 Å². The number of hydrogen-bond acceptors (Lipinski definition) is 5. The van der Waals surface area contributed by atoms with Gasteiger partial charge in [-0.3, -0.25) is 9.59 Å². The van der Waals surface area contributed by atoms with E-state index in [-0.39, 0.29) is 22.9 Å². The van der Waals surface area contributed by atoms with E-state index in [1.807, 2.05) is 0 Å². The van der Waals surface area contributed by atoms with Crippen molar-refractivity contribution in [3.63, 3.8) is 0 Å². The highest BCUT2D eigenvalue weighted by Gasteiger charge is 2.17. The molecule has 3 aromatic rings. The fourth-order valence-electron chi connectivity index (χ4n) is 2.51. The van der Waals surface area contributed by atoms with Gasteiger partial charge in [0.25, 0.3) is 5.56 Å². The van der Waals surface area contributed by atoms with Crippen LogP contribution in [0.3, 0.4) is 0 Å². The van der Waals surface area contributed by atoms with E-state index in [2.05, 4.69) is 15.3 Å². The normalized spacial score (nSPS) is 11.8. The molecule has 1 aromatic heterocycles. The zero-order valence-corrected chi connectivity index (χ0v) is 14.3. The Kier molecular flexibility index (Phi) is 4.79. The van der Waals surface area contributed by atoms with Crippen LogP contribution in [0.5, 0.6) is 0 Å². The second-order valence-electron chi connectivity index (χ2n) is 5.78. The zero-order chi connectivity index (χ0) is 18.7. The fraction of sp³-hybridized carbons (Fsp3) is 0.158. The van der Waals surface area contributed by atoms with Crippen LogP contribution in [0.1, 0.15) is 36.1 Å². The molecule has 3 rings (SSSR count). The molecule has 0 aliphatic rings. The first-order valence-electron chi connectivity index (χ1n) is 8.01. The van der Waals surface area contributed by atoms with Crippen molar-refractivity contribution in [3.05, 3.63) is 70.3 Å². The number of benzene rings is 2. The predicted molar refractivity (Wildman–Crippen MR) is 96.9 cm³/mol. The monoisotopic (exact) mass is 351 g/mol. The van der Waals surface area contributed by atoms with Crippen molar-refractivity contribution in [3.8, 4) is 0 Å². The van der Waals surface area contributed by atoms with Gasteiger partial charge in [-0.2, -0.15) is 0 Å². The molecule has 1 unspecified atom stereocenters. The topological polar surface area (TPSA) is 101 Å². The summed E-state index contributed by atoms with van der Waals surface area (Å²) in [5, 5.41) is 3.08. The number of fused-ring (bicyclic) bond motifs is 1. The molecule has 2 N–H and O–H groups in total. The molecular formula is C19H17N3O4. The molecule has 132 valence electrons. The van der Waals surface area contributed by atoms with E-state index in [0.29, 0.717) is 16.6 Å². The molecule has 0 radical (unpaired) electrons. The summed E-state index contributed by atoms with van der Waals surface area (Å²) < 4.78 is 5.40. The summed E-state index contributed by atoms with van der Waals surface area (Å²) in [7, 11) is 0. The SMILES string of the molecule is CC(=O)Nc1cccc(C(=O)OC(C)c2nc3ccccc3c(=O)[nH]2)c1. The minimum Gasteiger partial charge on any atom is -0.451 e. The summed E-state index contributed by atoms with van der Waals surface area (Å²) in [6.45, 7) is 3.01. The number of para-hydroxylation sites is 1. The Balaban J connectivity index is 1.81. The summed E-state index contributed by atoms with van der Waals surface area (Å²) in [6.07, 6.45) is -0.746. The Morgan fingerprint density at radius 2 is 1.92 bits per heavy atom. The number of aromatic nitrogens is 2. The van der Waals surface area contributed by atoms with Crippen molar-refractivity contribution >= 4 is 28.5 Å². The highest BCUT2D eigenvalue weighted by Crippen LogP contribution is 2.18. The third-order valence-corrected chi connectivity index (χ3v) is 3.72. The van der Waals surface area contributed by atoms with E-state index in [4.69, 9.17) is 4.74 Å². The van der Waals surface area contributed by atoms with Crippen LogP contribution in [-0.4, -0.2) is 21.8 Å². The smallest absolute Gasteiger partial charge is 0.338 e. The Morgan fingerprint density at radius 3 is 2.69 bits per heavy atom. The number of anilines is 1. The van der Waals surface area contributed by atoms with Gasteiger partial charge in [0.05, 0.1) is 16.5 Å². The molecule has 0 fully saturated rings. The van der Waals surface area contributed by atoms with Crippen LogP contribution >= 0.6 is 0 Å². The van der Waals surface area contributed by atoms with Crippen LogP contribution in [0.25, 0.3) is 10.9 Å². The highest BCUT2D eigenvalue weighted by molar-refractivity contribution is 5.93. The number of esters is 1. The third kappa shape index (κ3) is 3.77. The second kappa shape index (κ2) is 7.18. The minimum atomic E-state index is -0.746. The molecule has 0 saturated carbocycles. The van der Waals surface area contributed by atoms with E-state index >= 15 is 0 Å². The van der Waals surface area contributed by atoms with Crippen molar-refractivity contribution in [2.75, 3.05) is 5.32 Å². The van der Waals surface area contributed by atoms with Gasteiger partial charge in [-0.25, -0.2) is 9.78 Å². The average Bonchev–Trinajstić information content (AvgIpc) is 2.61. The first-order chi connectivity index (χ1) is 12.4. The van der Waals surface area contributed by atoms with Crippen LogP contribution in [0.15, 0.2) is 53.3 Å². The number of nitrogens with one attached hydrogen (secondary N) is 2. The maximum atomic E-state index is 12.4. The number of carbonyl (C=O) groups excluding carboxylic acids is 2. The molecule has 0 spiro atoms. The summed E-state index contributed by atoms with van der Waals surface area (Å²) >= 11 is 0.